The zero-order valence-electron chi connectivity index (χ0n) is 10.8. The van der Waals surface area contributed by atoms with E-state index in [1.807, 2.05) is 11.8 Å². The molecule has 1 N–H and O–H groups in total. The molecule has 0 saturated carbocycles. The van der Waals surface area contributed by atoms with E-state index in [2.05, 4.69) is 17.2 Å². The zero-order chi connectivity index (χ0) is 13.1. The molecular weight excluding hydrogens is 236 g/mol. The monoisotopic (exact) mass is 255 g/mol. The van der Waals surface area contributed by atoms with Crippen molar-refractivity contribution in [2.45, 2.75) is 26.7 Å². The van der Waals surface area contributed by atoms with Crippen molar-refractivity contribution in [2.75, 3.05) is 29.9 Å². The highest BCUT2D eigenvalue weighted by Gasteiger charge is 2.24. The summed E-state index contributed by atoms with van der Waals surface area (Å²) in [6, 6.07) is 0.920. The molecule has 0 radical (unpaired) electrons. The van der Waals surface area contributed by atoms with Crippen LogP contribution in [0.4, 0.5) is 20.4 Å². The van der Waals surface area contributed by atoms with E-state index in [-0.39, 0.29) is 11.6 Å². The van der Waals surface area contributed by atoms with Gasteiger partial charge in [-0.2, -0.15) is 0 Å². The van der Waals surface area contributed by atoms with Crippen LogP contribution in [0.25, 0.3) is 0 Å². The average molecular weight is 255 g/mol. The standard InChI is InChI=1S/C13H19F2N3/c1-3-5-16-12-10(14)7-11(15)13(17-12)18-6-4-9(2)8-18/h7,9H,3-6,8H2,1-2H3,(H,16,17). The number of nitrogens with zero attached hydrogens (tertiary/aromatic N) is 2. The molecule has 0 amide bonds. The van der Waals surface area contributed by atoms with Crippen molar-refractivity contribution in [1.29, 1.82) is 0 Å². The summed E-state index contributed by atoms with van der Waals surface area (Å²) in [5.74, 6) is -0.268. The fourth-order valence-corrected chi connectivity index (χ4v) is 2.17. The minimum atomic E-state index is -0.628. The molecule has 2 rings (SSSR count). The Bertz CT molecular complexity index is 423. The Hall–Kier alpha value is -1.39. The van der Waals surface area contributed by atoms with E-state index in [0.717, 1.165) is 32.0 Å². The number of hydrogen-bond acceptors (Lipinski definition) is 3. The minimum absolute atomic E-state index is 0.146. The van der Waals surface area contributed by atoms with Crippen molar-refractivity contribution in [3.8, 4) is 0 Å². The van der Waals surface area contributed by atoms with Crippen molar-refractivity contribution in [3.63, 3.8) is 0 Å². The maximum absolute atomic E-state index is 13.8. The lowest BCUT2D eigenvalue weighted by Crippen LogP contribution is -2.22. The summed E-state index contributed by atoms with van der Waals surface area (Å²) >= 11 is 0. The zero-order valence-corrected chi connectivity index (χ0v) is 10.8. The second-order valence-electron chi connectivity index (χ2n) is 4.89. The molecule has 1 saturated heterocycles. The Kier molecular flexibility index (Phi) is 3.99. The maximum atomic E-state index is 13.8. The molecule has 100 valence electrons. The summed E-state index contributed by atoms with van der Waals surface area (Å²) in [4.78, 5) is 5.98. The number of nitrogens with one attached hydrogen (secondary N) is 1. The first-order valence-corrected chi connectivity index (χ1v) is 6.46. The van der Waals surface area contributed by atoms with Gasteiger partial charge in [0.2, 0.25) is 0 Å². The lowest BCUT2D eigenvalue weighted by Gasteiger charge is -2.19. The van der Waals surface area contributed by atoms with Gasteiger partial charge in [0.25, 0.3) is 0 Å². The third-order valence-electron chi connectivity index (χ3n) is 3.18. The van der Waals surface area contributed by atoms with Crippen LogP contribution in [0.3, 0.4) is 0 Å². The molecule has 1 atom stereocenters. The second-order valence-corrected chi connectivity index (χ2v) is 4.89. The van der Waals surface area contributed by atoms with Gasteiger partial charge in [0.1, 0.15) is 0 Å². The fraction of sp³-hybridized carbons (Fsp3) is 0.615. The van der Waals surface area contributed by atoms with Crippen LogP contribution in [0.5, 0.6) is 0 Å². The largest absolute Gasteiger partial charge is 0.368 e. The molecule has 3 nitrogen and oxygen atoms in total. The quantitative estimate of drug-likeness (QED) is 0.896. The van der Waals surface area contributed by atoms with Crippen LogP contribution in [0.2, 0.25) is 0 Å². The van der Waals surface area contributed by atoms with Gasteiger partial charge in [-0.25, -0.2) is 13.8 Å². The third kappa shape index (κ3) is 2.71. The summed E-state index contributed by atoms with van der Waals surface area (Å²) in [6.45, 7) is 6.30. The summed E-state index contributed by atoms with van der Waals surface area (Å²) in [5, 5.41) is 2.89. The topological polar surface area (TPSA) is 28.2 Å². The fourth-order valence-electron chi connectivity index (χ4n) is 2.17. The van der Waals surface area contributed by atoms with E-state index in [1.54, 1.807) is 0 Å². The van der Waals surface area contributed by atoms with Gasteiger partial charge in [-0.05, 0) is 18.8 Å². The van der Waals surface area contributed by atoms with Crippen LogP contribution < -0.4 is 10.2 Å². The molecule has 1 aliphatic heterocycles. The Labute approximate surface area is 106 Å². The number of aromatic nitrogens is 1. The van der Waals surface area contributed by atoms with Crippen LogP contribution in [-0.2, 0) is 0 Å². The van der Waals surface area contributed by atoms with Crippen molar-refractivity contribution in [1.82, 2.24) is 4.98 Å². The first kappa shape index (κ1) is 13.1. The van der Waals surface area contributed by atoms with Crippen molar-refractivity contribution >= 4 is 11.6 Å². The predicted molar refractivity (Wildman–Crippen MR) is 68.9 cm³/mol. The first-order valence-electron chi connectivity index (χ1n) is 6.46. The molecule has 0 bridgehead atoms. The van der Waals surface area contributed by atoms with E-state index >= 15 is 0 Å². The summed E-state index contributed by atoms with van der Waals surface area (Å²) in [7, 11) is 0. The third-order valence-corrected chi connectivity index (χ3v) is 3.18. The van der Waals surface area contributed by atoms with Crippen molar-refractivity contribution in [2.24, 2.45) is 5.92 Å². The van der Waals surface area contributed by atoms with E-state index in [4.69, 9.17) is 0 Å². The molecule has 0 aromatic carbocycles. The maximum Gasteiger partial charge on any atom is 0.168 e. The van der Waals surface area contributed by atoms with Crippen LogP contribution in [0, 0.1) is 17.6 Å². The highest BCUT2D eigenvalue weighted by Crippen LogP contribution is 2.27. The predicted octanol–water partition coefficient (Wildman–Crippen LogP) is 3.03. The Morgan fingerprint density at radius 3 is 2.83 bits per heavy atom. The van der Waals surface area contributed by atoms with Crippen LogP contribution in [0.15, 0.2) is 6.07 Å². The normalized spacial score (nSPS) is 19.3. The van der Waals surface area contributed by atoms with E-state index in [9.17, 15) is 8.78 Å². The van der Waals surface area contributed by atoms with Gasteiger partial charge in [-0.15, -0.1) is 0 Å². The molecule has 0 aliphatic carbocycles. The first-order chi connectivity index (χ1) is 8.61. The Balaban J connectivity index is 2.23. The average Bonchev–Trinajstić information content (AvgIpc) is 2.74. The molecule has 1 aromatic rings. The molecule has 1 fully saturated rings. The van der Waals surface area contributed by atoms with E-state index in [0.29, 0.717) is 12.5 Å². The number of hydrogen-bond donors (Lipinski definition) is 1. The van der Waals surface area contributed by atoms with Crippen LogP contribution in [0.1, 0.15) is 26.7 Å². The molecule has 2 heterocycles. The minimum Gasteiger partial charge on any atom is -0.368 e. The number of pyridine rings is 1. The van der Waals surface area contributed by atoms with Gasteiger partial charge in [0.15, 0.2) is 23.3 Å². The molecule has 5 heteroatoms. The number of halogens is 2. The Morgan fingerprint density at radius 2 is 2.22 bits per heavy atom. The van der Waals surface area contributed by atoms with Gasteiger partial charge in [-0.1, -0.05) is 13.8 Å². The van der Waals surface area contributed by atoms with E-state index < -0.39 is 11.6 Å². The van der Waals surface area contributed by atoms with E-state index in [1.165, 1.54) is 0 Å². The number of anilines is 2. The SMILES string of the molecule is CCCNc1nc(N2CCC(C)C2)c(F)cc1F. The van der Waals surface area contributed by atoms with Crippen LogP contribution >= 0.6 is 0 Å². The van der Waals surface area contributed by atoms with Gasteiger partial charge in [0, 0.05) is 25.7 Å². The summed E-state index contributed by atoms with van der Waals surface area (Å²) < 4.78 is 27.3. The smallest absolute Gasteiger partial charge is 0.168 e. The number of rotatable bonds is 4. The molecule has 1 unspecified atom stereocenters. The lowest BCUT2D eigenvalue weighted by molar-refractivity contribution is 0.571. The highest BCUT2D eigenvalue weighted by molar-refractivity contribution is 5.49. The van der Waals surface area contributed by atoms with Gasteiger partial charge in [0.05, 0.1) is 0 Å². The van der Waals surface area contributed by atoms with Gasteiger partial charge in [-0.3, -0.25) is 0 Å². The molecule has 18 heavy (non-hydrogen) atoms. The van der Waals surface area contributed by atoms with Gasteiger partial charge >= 0.3 is 0 Å². The highest BCUT2D eigenvalue weighted by atomic mass is 19.1. The molecule has 1 aromatic heterocycles. The van der Waals surface area contributed by atoms with Gasteiger partial charge < -0.3 is 10.2 Å². The Morgan fingerprint density at radius 1 is 1.44 bits per heavy atom. The second kappa shape index (κ2) is 5.50. The van der Waals surface area contributed by atoms with Crippen molar-refractivity contribution < 1.29 is 8.78 Å². The molecule has 1 aliphatic rings. The molecule has 0 spiro atoms. The molecular formula is C13H19F2N3. The van der Waals surface area contributed by atoms with Crippen molar-refractivity contribution in [3.05, 3.63) is 17.7 Å². The summed E-state index contributed by atoms with van der Waals surface area (Å²) in [6.07, 6.45) is 1.89. The lowest BCUT2D eigenvalue weighted by atomic mass is 10.2. The summed E-state index contributed by atoms with van der Waals surface area (Å²) in [5.41, 5.74) is 0. The van der Waals surface area contributed by atoms with Crippen LogP contribution in [-0.4, -0.2) is 24.6 Å².